The van der Waals surface area contributed by atoms with Crippen LogP contribution in [0.15, 0.2) is 281 Å². The van der Waals surface area contributed by atoms with Crippen molar-refractivity contribution in [2.45, 2.75) is 54.4 Å². The minimum atomic E-state index is -0.738. The monoisotopic (exact) mass is 1680 g/mol. The van der Waals surface area contributed by atoms with Gasteiger partial charge in [-0.1, -0.05) is 110 Å². The Morgan fingerprint density at radius 3 is 1.34 bits per heavy atom. The van der Waals surface area contributed by atoms with E-state index >= 15 is 0 Å². The molecule has 119 heavy (non-hydrogen) atoms. The number of likely N-dealkylation sites (N-methyl/N-ethyl adjacent to an activating group) is 1. The first-order valence-corrected chi connectivity index (χ1v) is 39.5. The predicted molar refractivity (Wildman–Crippen MR) is 457 cm³/mol. The Morgan fingerprint density at radius 1 is 0.437 bits per heavy atom. The van der Waals surface area contributed by atoms with Crippen LogP contribution in [-0.4, -0.2) is 119 Å². The predicted octanol–water partition coefficient (Wildman–Crippen LogP) is 17.7. The highest BCUT2D eigenvalue weighted by Crippen LogP contribution is 2.43. The molecule has 14 rings (SSSR count). The number of nitrogens with zero attached hydrogens (tertiary/aromatic N) is 5. The molecule has 4 amide bonds. The average Bonchev–Trinajstić information content (AvgIpc) is 1.56. The summed E-state index contributed by atoms with van der Waals surface area (Å²) in [5.41, 5.74) is 8.36. The first-order chi connectivity index (χ1) is 57.1. The van der Waals surface area contributed by atoms with Crippen molar-refractivity contribution < 1.29 is 90.3 Å². The molecule has 28 heteroatoms. The Kier molecular flexibility index (Phi) is 29.0. The normalized spacial score (nSPS) is 16.3. The van der Waals surface area contributed by atoms with Crippen molar-refractivity contribution in [1.29, 1.82) is 0 Å². The molecule has 0 aliphatic carbocycles. The zero-order valence-corrected chi connectivity index (χ0v) is 70.2. The average molecular weight is 1680 g/mol. The molecule has 610 valence electrons. The van der Waals surface area contributed by atoms with Crippen molar-refractivity contribution in [1.82, 2.24) is 4.90 Å². The summed E-state index contributed by atoms with van der Waals surface area (Å²) >= 11 is 10.8. The van der Waals surface area contributed by atoms with Crippen LogP contribution in [0.25, 0.3) is 30.4 Å². The maximum Gasteiger partial charge on any atom is 0.343 e. The molecule has 0 saturated heterocycles. The first-order valence-electron chi connectivity index (χ1n) is 36.4. The van der Waals surface area contributed by atoms with E-state index in [-0.39, 0.29) is 85.4 Å². The van der Waals surface area contributed by atoms with Crippen LogP contribution < -0.4 is 24.3 Å². The number of Topliss-reactive ketones (excluding diaryl/α,β-unsaturated/α-hetero) is 1. The Hall–Kier alpha value is -13.6. The maximum atomic E-state index is 14.3. The molecule has 0 radical (unpaired) electrons. The molecule has 4 aromatic heterocycles. The number of furan rings is 1. The van der Waals surface area contributed by atoms with E-state index in [0.717, 1.165) is 25.2 Å². The number of benzene rings is 5. The number of thiophene rings is 3. The number of phenolic OH excluding ortho intramolecular Hbond substituents is 1. The molecule has 23 nitrogen and oxygen atoms in total. The fourth-order valence-electron chi connectivity index (χ4n) is 13.1. The number of carbonyl (C=O) groups excluding carboxylic acids is 10. The molecule has 5 aliphatic rings. The lowest BCUT2D eigenvalue weighted by atomic mass is 10.0. The van der Waals surface area contributed by atoms with Gasteiger partial charge in [0.1, 0.15) is 17.2 Å². The molecular weight excluding hydrogens is 1600 g/mol. The number of rotatable bonds is 16. The Balaban J connectivity index is 0.000000157. The number of para-hydroxylation sites is 4. The molecule has 0 unspecified atom stereocenters. The van der Waals surface area contributed by atoms with E-state index in [0.29, 0.717) is 73.3 Å². The van der Waals surface area contributed by atoms with Gasteiger partial charge in [-0.15, -0.1) is 34.0 Å². The summed E-state index contributed by atoms with van der Waals surface area (Å²) in [6.07, 6.45) is 9.69. The number of hydrogen-bond donors (Lipinski definition) is 1. The zero-order chi connectivity index (χ0) is 86.2. The summed E-state index contributed by atoms with van der Waals surface area (Å²) in [5.74, 6) is -4.27. The number of esters is 5. The highest BCUT2D eigenvalue weighted by Gasteiger charge is 2.43. The van der Waals surface area contributed by atoms with E-state index < -0.39 is 41.6 Å². The highest BCUT2D eigenvalue weighted by molar-refractivity contribution is 7.11. The summed E-state index contributed by atoms with van der Waals surface area (Å²) in [5, 5.41) is 16.5. The minimum Gasteiger partial charge on any atom is -0.504 e. The zero-order valence-electron chi connectivity index (χ0n) is 67.0. The molecule has 9 heterocycles. The van der Waals surface area contributed by atoms with Crippen molar-refractivity contribution in [3.05, 3.63) is 319 Å². The third-order valence-electron chi connectivity index (χ3n) is 19.1. The summed E-state index contributed by atoms with van der Waals surface area (Å²) in [4.78, 5) is 135. The lowest BCUT2D eigenvalue weighted by Gasteiger charge is -2.21. The van der Waals surface area contributed by atoms with Gasteiger partial charge in [-0.05, 0) is 178 Å². The smallest absolute Gasteiger partial charge is 0.343 e. The van der Waals surface area contributed by atoms with Gasteiger partial charge in [0.25, 0.3) is 23.6 Å². The summed E-state index contributed by atoms with van der Waals surface area (Å²) in [7, 11) is 9.44. The Bertz CT molecular complexity index is 5770. The van der Waals surface area contributed by atoms with Gasteiger partial charge < -0.3 is 47.7 Å². The minimum absolute atomic E-state index is 0.00188. The Labute approximate surface area is 702 Å². The van der Waals surface area contributed by atoms with Crippen molar-refractivity contribution in [2.24, 2.45) is 0 Å². The lowest BCUT2D eigenvalue weighted by Crippen LogP contribution is -2.25. The second-order valence-electron chi connectivity index (χ2n) is 26.4. The number of phenols is 1. The van der Waals surface area contributed by atoms with Gasteiger partial charge in [-0.25, -0.2) is 28.4 Å². The molecule has 0 spiro atoms. The van der Waals surface area contributed by atoms with Crippen LogP contribution in [0, 0.1) is 5.82 Å². The van der Waals surface area contributed by atoms with Crippen LogP contribution in [0.1, 0.15) is 85.9 Å². The van der Waals surface area contributed by atoms with Gasteiger partial charge in [0.2, 0.25) is 5.78 Å². The summed E-state index contributed by atoms with van der Waals surface area (Å²) in [6.45, 7) is 12.7. The van der Waals surface area contributed by atoms with Gasteiger partial charge in [0, 0.05) is 67.1 Å². The molecule has 5 aliphatic heterocycles. The van der Waals surface area contributed by atoms with Gasteiger partial charge in [0.05, 0.1) is 116 Å². The van der Waals surface area contributed by atoms with E-state index in [9.17, 15) is 57.4 Å². The number of ketones is 1. The molecule has 0 fully saturated rings. The van der Waals surface area contributed by atoms with E-state index in [4.69, 9.17) is 44.4 Å². The molecular formula is C91H81ClFN5O18S3. The number of carbonyl (C=O) groups is 10. The number of anilines is 4. The fourth-order valence-corrected chi connectivity index (χ4v) is 15.3. The third-order valence-corrected chi connectivity index (χ3v) is 21.9. The molecule has 0 saturated carbocycles. The van der Waals surface area contributed by atoms with Crippen LogP contribution in [0.5, 0.6) is 11.5 Å². The number of hydrogen-bond acceptors (Lipinski definition) is 22. The van der Waals surface area contributed by atoms with Crippen LogP contribution in [-0.2, 0) is 71.6 Å². The van der Waals surface area contributed by atoms with E-state index in [1.54, 1.807) is 125 Å². The molecule has 1 N–H and O–H groups in total. The number of amides is 4. The number of ether oxygens (including phenoxy) is 6. The van der Waals surface area contributed by atoms with E-state index in [2.05, 4.69) is 13.8 Å². The van der Waals surface area contributed by atoms with Crippen LogP contribution >= 0.6 is 45.6 Å². The highest BCUT2D eigenvalue weighted by atomic mass is 35.5. The van der Waals surface area contributed by atoms with Crippen molar-refractivity contribution >= 4 is 158 Å². The fraction of sp³-hybridized carbons (Fsp3) is 0.165. The van der Waals surface area contributed by atoms with Crippen molar-refractivity contribution in [3.63, 3.8) is 0 Å². The number of methoxy groups -OCH3 is 6. The lowest BCUT2D eigenvalue weighted by molar-refractivity contribution is -0.138. The summed E-state index contributed by atoms with van der Waals surface area (Å²) < 4.78 is 48.8. The van der Waals surface area contributed by atoms with Crippen molar-refractivity contribution in [3.8, 4) is 11.5 Å². The van der Waals surface area contributed by atoms with Gasteiger partial charge >= 0.3 is 29.8 Å². The second kappa shape index (κ2) is 39.4. The largest absolute Gasteiger partial charge is 0.504 e. The first kappa shape index (κ1) is 87.8. The molecule has 9 aromatic rings. The van der Waals surface area contributed by atoms with Gasteiger partial charge in [-0.2, -0.15) is 0 Å². The van der Waals surface area contributed by atoms with E-state index in [1.807, 2.05) is 107 Å². The standard InChI is InChI=1S/C21H18FNO5.C21H21NO4.C18H14ClNO3S.C18H15NO3S.C13H13NO3S/c1-12-18(21(26)28-3)14(11-13-7-6-10-17(27-2)19(13)24)20(25)23(12)16-9-5-4-8-15(16)22;1-13(2)15-7-9-16(10-8-15)22-14(3)19(21(24)25-4)18(20(22)23)12-17-6-5-11-26-17;1-11-16(18(22)23-2)13(10-12-6-5-9-24-12)17(21)20(11)15-8-4-3-7-14(15)19;1-12-16(18(21)22-2)17(20)15(11-14-9-6-10-23-14)19(12)13-7-4-3-5-8-13;1-8-11(13(16)17-3)10(12(15)14(8)2)7-9-5-4-6-18-9/h4-11,24H,1-3H3;5-13H,1-4H3;3-10H,1-2H3;3-11H,1-2H3;4-7H,1-3H3/b14-11-;18-12-;13-10-;15-11+;10-7-. The van der Waals surface area contributed by atoms with Crippen LogP contribution in [0.4, 0.5) is 27.1 Å². The second-order valence-corrected chi connectivity index (χ2v) is 29.8. The maximum absolute atomic E-state index is 14.3. The SMILES string of the molecule is COC(=O)C1=C(C)N(C)C(=O)/C1=C\c1cccs1.COC(=O)C1=C(C)N(c2ccc(C(C)C)cc2)C(=O)/C1=C\c1ccco1.COC(=O)C1=C(C)N(c2ccccc2)/C(=C/c2cccs2)C1=O.COC(=O)C1=C(C)N(c2ccccc2Cl)C(=O)/C1=C\c1cccs1.COC(=O)C1=C(C)N(c2ccccc2F)C(=O)/C1=C\c1cccc(OC)c1O. The Morgan fingerprint density at radius 2 is 0.866 bits per heavy atom. The number of aromatic hydroxyl groups is 1. The van der Waals surface area contributed by atoms with Gasteiger partial charge in [0.15, 0.2) is 11.5 Å². The number of halogens is 2. The van der Waals surface area contributed by atoms with E-state index in [1.165, 1.54) is 134 Å². The van der Waals surface area contributed by atoms with Gasteiger partial charge in [-0.3, -0.25) is 38.7 Å². The topological polar surface area (TPSA) is 276 Å². The molecule has 0 bridgehead atoms. The van der Waals surface area contributed by atoms with Crippen LogP contribution in [0.3, 0.4) is 0 Å². The number of allylic oxidation sites excluding steroid dienone is 6. The summed E-state index contributed by atoms with van der Waals surface area (Å²) in [6, 6.07) is 49.7. The third kappa shape index (κ3) is 18.9. The molecule has 0 atom stereocenters. The molecule has 5 aromatic carbocycles. The quantitative estimate of drug-likeness (QED) is 0.0407. The van der Waals surface area contributed by atoms with Crippen molar-refractivity contribution in [2.75, 3.05) is 69.3 Å². The van der Waals surface area contributed by atoms with Crippen LogP contribution in [0.2, 0.25) is 5.02 Å².